The summed E-state index contributed by atoms with van der Waals surface area (Å²) in [5, 5.41) is 10.6. The van der Waals surface area contributed by atoms with Crippen LogP contribution in [0.1, 0.15) is 35.6 Å². The molecule has 0 amide bonds. The van der Waals surface area contributed by atoms with Crippen molar-refractivity contribution in [1.82, 2.24) is 0 Å². The topological polar surface area (TPSA) is 20.2 Å². The van der Waals surface area contributed by atoms with E-state index in [0.717, 1.165) is 30.5 Å². The summed E-state index contributed by atoms with van der Waals surface area (Å²) in [7, 11) is 0. The van der Waals surface area contributed by atoms with Crippen LogP contribution in [0.25, 0.3) is 0 Å². The zero-order chi connectivity index (χ0) is 14.3. The van der Waals surface area contributed by atoms with Crippen molar-refractivity contribution in [2.24, 2.45) is 0 Å². The van der Waals surface area contributed by atoms with Crippen molar-refractivity contribution >= 4 is 0 Å². The number of rotatable bonds is 3. The Morgan fingerprint density at radius 1 is 1.05 bits per heavy atom. The standard InChI is InChI=1S/C17H16F2O/c1-11-9-15(19)13(10-14(11)18)16(20)17(7-8-17)12-5-3-2-4-6-12/h2-6,9-10,16,20H,7-8H2,1H3. The van der Waals surface area contributed by atoms with Gasteiger partial charge in [-0.25, -0.2) is 8.78 Å². The van der Waals surface area contributed by atoms with Gasteiger partial charge in [0.25, 0.3) is 0 Å². The molecule has 1 saturated carbocycles. The lowest BCUT2D eigenvalue weighted by Gasteiger charge is -2.24. The van der Waals surface area contributed by atoms with Crippen molar-refractivity contribution in [3.63, 3.8) is 0 Å². The van der Waals surface area contributed by atoms with Gasteiger partial charge in [0.1, 0.15) is 11.6 Å². The molecular weight excluding hydrogens is 258 g/mol. The molecule has 0 aliphatic heterocycles. The van der Waals surface area contributed by atoms with Crippen molar-refractivity contribution in [3.05, 3.63) is 70.8 Å². The van der Waals surface area contributed by atoms with Crippen LogP contribution in [0.3, 0.4) is 0 Å². The zero-order valence-electron chi connectivity index (χ0n) is 11.2. The van der Waals surface area contributed by atoms with Crippen LogP contribution in [0.4, 0.5) is 8.78 Å². The largest absolute Gasteiger partial charge is 0.387 e. The molecule has 0 spiro atoms. The minimum absolute atomic E-state index is 0.0504. The van der Waals surface area contributed by atoms with Crippen molar-refractivity contribution in [1.29, 1.82) is 0 Å². The van der Waals surface area contributed by atoms with Gasteiger partial charge in [0.2, 0.25) is 0 Å². The van der Waals surface area contributed by atoms with Gasteiger partial charge in [-0.05, 0) is 43.0 Å². The molecule has 1 N–H and O–H groups in total. The first-order chi connectivity index (χ1) is 9.54. The van der Waals surface area contributed by atoms with E-state index in [-0.39, 0.29) is 11.1 Å². The number of aliphatic hydroxyl groups is 1. The highest BCUT2D eigenvalue weighted by molar-refractivity contribution is 5.38. The van der Waals surface area contributed by atoms with E-state index < -0.39 is 23.2 Å². The Hall–Kier alpha value is -1.74. The monoisotopic (exact) mass is 274 g/mol. The number of benzene rings is 2. The molecule has 3 heteroatoms. The predicted molar refractivity (Wildman–Crippen MR) is 73.4 cm³/mol. The van der Waals surface area contributed by atoms with Gasteiger partial charge in [-0.1, -0.05) is 30.3 Å². The first-order valence-corrected chi connectivity index (χ1v) is 6.74. The van der Waals surface area contributed by atoms with Gasteiger partial charge in [0, 0.05) is 11.0 Å². The molecular formula is C17H16F2O. The first-order valence-electron chi connectivity index (χ1n) is 6.74. The van der Waals surface area contributed by atoms with E-state index in [1.165, 1.54) is 6.92 Å². The summed E-state index contributed by atoms with van der Waals surface area (Å²) in [6.45, 7) is 1.51. The normalized spacial score (nSPS) is 17.8. The predicted octanol–water partition coefficient (Wildman–Crippen LogP) is 4.04. The summed E-state index contributed by atoms with van der Waals surface area (Å²) < 4.78 is 27.7. The Labute approximate surface area is 116 Å². The molecule has 0 heterocycles. The van der Waals surface area contributed by atoms with Crippen LogP contribution in [0, 0.1) is 18.6 Å². The van der Waals surface area contributed by atoms with Gasteiger partial charge >= 0.3 is 0 Å². The first kappa shape index (κ1) is 13.3. The van der Waals surface area contributed by atoms with Gasteiger partial charge in [-0.2, -0.15) is 0 Å². The van der Waals surface area contributed by atoms with Crippen molar-refractivity contribution < 1.29 is 13.9 Å². The summed E-state index contributed by atoms with van der Waals surface area (Å²) in [6, 6.07) is 11.8. The Morgan fingerprint density at radius 2 is 1.70 bits per heavy atom. The molecule has 0 aromatic heterocycles. The van der Waals surface area contributed by atoms with Crippen LogP contribution in [-0.2, 0) is 5.41 Å². The van der Waals surface area contributed by atoms with Crippen LogP contribution in [0.15, 0.2) is 42.5 Å². The van der Waals surface area contributed by atoms with E-state index >= 15 is 0 Å². The highest BCUT2D eigenvalue weighted by atomic mass is 19.1. The Balaban J connectivity index is 2.01. The van der Waals surface area contributed by atoms with Crippen LogP contribution in [-0.4, -0.2) is 5.11 Å². The number of hydrogen-bond donors (Lipinski definition) is 1. The maximum Gasteiger partial charge on any atom is 0.129 e. The van der Waals surface area contributed by atoms with E-state index in [1.54, 1.807) is 0 Å². The highest BCUT2D eigenvalue weighted by Gasteiger charge is 2.51. The number of aryl methyl sites for hydroxylation is 1. The third kappa shape index (κ3) is 2.02. The molecule has 0 bridgehead atoms. The third-order valence-corrected chi connectivity index (χ3v) is 4.23. The lowest BCUT2D eigenvalue weighted by atomic mass is 9.85. The summed E-state index contributed by atoms with van der Waals surface area (Å²) >= 11 is 0. The van der Waals surface area contributed by atoms with Crippen LogP contribution in [0.5, 0.6) is 0 Å². The number of aliphatic hydroxyl groups excluding tert-OH is 1. The van der Waals surface area contributed by atoms with E-state index in [9.17, 15) is 13.9 Å². The average molecular weight is 274 g/mol. The minimum Gasteiger partial charge on any atom is -0.387 e. The summed E-state index contributed by atoms with van der Waals surface area (Å²) in [6.07, 6.45) is 0.556. The van der Waals surface area contributed by atoms with Crippen LogP contribution < -0.4 is 0 Å². The van der Waals surface area contributed by atoms with Crippen LogP contribution in [0.2, 0.25) is 0 Å². The van der Waals surface area contributed by atoms with Crippen molar-refractivity contribution in [2.75, 3.05) is 0 Å². The molecule has 0 radical (unpaired) electrons. The molecule has 20 heavy (non-hydrogen) atoms. The molecule has 1 aliphatic rings. The second-order valence-electron chi connectivity index (χ2n) is 5.55. The summed E-state index contributed by atoms with van der Waals surface area (Å²) in [5.74, 6) is -1.03. The number of halogens is 2. The van der Waals surface area contributed by atoms with E-state index in [2.05, 4.69) is 0 Å². The average Bonchev–Trinajstić information content (AvgIpc) is 3.25. The molecule has 3 rings (SSSR count). The van der Waals surface area contributed by atoms with E-state index in [1.807, 2.05) is 30.3 Å². The van der Waals surface area contributed by atoms with E-state index in [0.29, 0.717) is 0 Å². The second-order valence-corrected chi connectivity index (χ2v) is 5.55. The molecule has 1 aliphatic carbocycles. The van der Waals surface area contributed by atoms with E-state index in [4.69, 9.17) is 0 Å². The fraction of sp³-hybridized carbons (Fsp3) is 0.294. The van der Waals surface area contributed by atoms with Crippen molar-refractivity contribution in [2.45, 2.75) is 31.3 Å². The maximum atomic E-state index is 14.0. The summed E-state index contributed by atoms with van der Waals surface area (Å²) in [4.78, 5) is 0. The van der Waals surface area contributed by atoms with Gasteiger partial charge in [0.05, 0.1) is 6.10 Å². The molecule has 104 valence electrons. The van der Waals surface area contributed by atoms with Gasteiger partial charge in [-0.15, -0.1) is 0 Å². The molecule has 2 aromatic carbocycles. The van der Waals surface area contributed by atoms with Gasteiger partial charge < -0.3 is 5.11 Å². The van der Waals surface area contributed by atoms with Gasteiger partial charge in [0.15, 0.2) is 0 Å². The lowest BCUT2D eigenvalue weighted by Crippen LogP contribution is -2.19. The van der Waals surface area contributed by atoms with Crippen molar-refractivity contribution in [3.8, 4) is 0 Å². The maximum absolute atomic E-state index is 14.0. The highest BCUT2D eigenvalue weighted by Crippen LogP contribution is 2.56. The second kappa shape index (κ2) is 4.67. The molecule has 1 unspecified atom stereocenters. The van der Waals surface area contributed by atoms with Gasteiger partial charge in [-0.3, -0.25) is 0 Å². The Kier molecular flexibility index (Phi) is 3.09. The molecule has 1 atom stereocenters. The molecule has 1 nitrogen and oxygen atoms in total. The molecule has 2 aromatic rings. The fourth-order valence-electron chi connectivity index (χ4n) is 2.79. The lowest BCUT2D eigenvalue weighted by molar-refractivity contribution is 0.128. The fourth-order valence-corrected chi connectivity index (χ4v) is 2.79. The minimum atomic E-state index is -1.01. The Morgan fingerprint density at radius 3 is 2.30 bits per heavy atom. The van der Waals surface area contributed by atoms with Crippen LogP contribution >= 0.6 is 0 Å². The zero-order valence-corrected chi connectivity index (χ0v) is 11.2. The Bertz CT molecular complexity index is 633. The quantitative estimate of drug-likeness (QED) is 0.895. The summed E-state index contributed by atoms with van der Waals surface area (Å²) in [5.41, 5.74) is 0.814. The smallest absolute Gasteiger partial charge is 0.129 e. The third-order valence-electron chi connectivity index (χ3n) is 4.23. The molecule has 1 fully saturated rings. The SMILES string of the molecule is Cc1cc(F)c(C(O)C2(c3ccccc3)CC2)cc1F. The number of hydrogen-bond acceptors (Lipinski definition) is 1. The molecule has 0 saturated heterocycles.